The summed E-state index contributed by atoms with van der Waals surface area (Å²) in [5.74, 6) is 0.472. The number of nitrogens with two attached hydrogens (primary N) is 1. The van der Waals surface area contributed by atoms with Gasteiger partial charge in [0, 0.05) is 18.0 Å². The molecule has 2 heteroatoms. The molecule has 0 aliphatic rings. The quantitative estimate of drug-likeness (QED) is 0.827. The number of ketones is 1. The van der Waals surface area contributed by atoms with E-state index in [1.165, 1.54) is 5.56 Å². The van der Waals surface area contributed by atoms with Crippen LogP contribution in [-0.4, -0.2) is 11.8 Å². The lowest BCUT2D eigenvalue weighted by Crippen LogP contribution is -2.29. The molecule has 0 spiro atoms. The van der Waals surface area contributed by atoms with Crippen LogP contribution in [0.25, 0.3) is 0 Å². The standard InChI is InChI=1S/C16H25NO/c1-11(2)14(17)10-15(18)12-6-8-13(9-7-12)16(3,4)5/h6-9,11,14H,10,17H2,1-5H3. The Balaban J connectivity index is 2.77. The van der Waals surface area contributed by atoms with E-state index in [0.29, 0.717) is 12.3 Å². The molecule has 0 aliphatic carbocycles. The Morgan fingerprint density at radius 3 is 2.06 bits per heavy atom. The van der Waals surface area contributed by atoms with Crippen molar-refractivity contribution in [3.8, 4) is 0 Å². The summed E-state index contributed by atoms with van der Waals surface area (Å²) in [5, 5.41) is 0. The molecule has 2 N–H and O–H groups in total. The third-order valence-electron chi connectivity index (χ3n) is 3.35. The van der Waals surface area contributed by atoms with Crippen molar-refractivity contribution in [1.82, 2.24) is 0 Å². The summed E-state index contributed by atoms with van der Waals surface area (Å²) in [6.07, 6.45) is 0.423. The maximum Gasteiger partial charge on any atom is 0.164 e. The lowest BCUT2D eigenvalue weighted by atomic mass is 9.86. The van der Waals surface area contributed by atoms with Crippen LogP contribution in [-0.2, 0) is 5.41 Å². The molecule has 0 fully saturated rings. The Hall–Kier alpha value is -1.15. The van der Waals surface area contributed by atoms with Crippen molar-refractivity contribution < 1.29 is 4.79 Å². The Morgan fingerprint density at radius 1 is 1.17 bits per heavy atom. The zero-order valence-electron chi connectivity index (χ0n) is 12.2. The molecule has 0 bridgehead atoms. The third kappa shape index (κ3) is 3.95. The minimum absolute atomic E-state index is 0.0557. The Bertz CT molecular complexity index is 398. The zero-order valence-corrected chi connectivity index (χ0v) is 12.2. The monoisotopic (exact) mass is 247 g/mol. The molecule has 0 saturated heterocycles. The van der Waals surface area contributed by atoms with Crippen molar-refractivity contribution >= 4 is 5.78 Å². The molecule has 2 nitrogen and oxygen atoms in total. The van der Waals surface area contributed by atoms with Gasteiger partial charge in [0.2, 0.25) is 0 Å². The van der Waals surface area contributed by atoms with E-state index >= 15 is 0 Å². The van der Waals surface area contributed by atoms with Crippen LogP contribution in [0.5, 0.6) is 0 Å². The molecule has 1 aromatic carbocycles. The molecule has 0 aromatic heterocycles. The van der Waals surface area contributed by atoms with Gasteiger partial charge in [-0.15, -0.1) is 0 Å². The van der Waals surface area contributed by atoms with Gasteiger partial charge in [0.15, 0.2) is 5.78 Å². The van der Waals surface area contributed by atoms with E-state index in [1.807, 2.05) is 38.1 Å². The number of rotatable bonds is 4. The summed E-state index contributed by atoms with van der Waals surface area (Å²) >= 11 is 0. The summed E-state index contributed by atoms with van der Waals surface area (Å²) in [5.41, 5.74) is 8.06. The van der Waals surface area contributed by atoms with E-state index in [4.69, 9.17) is 5.73 Å². The normalized spacial score (nSPS) is 13.7. The third-order valence-corrected chi connectivity index (χ3v) is 3.35. The molecule has 0 saturated carbocycles. The largest absolute Gasteiger partial charge is 0.327 e. The van der Waals surface area contributed by atoms with Gasteiger partial charge in [-0.05, 0) is 16.9 Å². The summed E-state index contributed by atoms with van der Waals surface area (Å²) in [6, 6.07) is 7.84. The van der Waals surface area contributed by atoms with Crippen molar-refractivity contribution in [3.05, 3.63) is 35.4 Å². The van der Waals surface area contributed by atoms with Gasteiger partial charge in [-0.2, -0.15) is 0 Å². The molecule has 0 heterocycles. The summed E-state index contributed by atoms with van der Waals surface area (Å²) in [4.78, 5) is 12.0. The van der Waals surface area contributed by atoms with Crippen LogP contribution in [0.15, 0.2) is 24.3 Å². The summed E-state index contributed by atoms with van der Waals surface area (Å²) in [7, 11) is 0. The minimum Gasteiger partial charge on any atom is -0.327 e. The van der Waals surface area contributed by atoms with Crippen LogP contribution in [0, 0.1) is 5.92 Å². The van der Waals surface area contributed by atoms with Crippen molar-refractivity contribution in [2.24, 2.45) is 11.7 Å². The first-order valence-corrected chi connectivity index (χ1v) is 6.61. The fraction of sp³-hybridized carbons (Fsp3) is 0.562. The number of carbonyl (C=O) groups is 1. The van der Waals surface area contributed by atoms with Crippen LogP contribution in [0.1, 0.15) is 57.0 Å². The number of Topliss-reactive ketones (excluding diaryl/α,β-unsaturated/α-hetero) is 1. The lowest BCUT2D eigenvalue weighted by Gasteiger charge is -2.19. The molecule has 100 valence electrons. The lowest BCUT2D eigenvalue weighted by molar-refractivity contribution is 0.0967. The average molecular weight is 247 g/mol. The molecule has 18 heavy (non-hydrogen) atoms. The van der Waals surface area contributed by atoms with Crippen molar-refractivity contribution in [2.45, 2.75) is 52.5 Å². The van der Waals surface area contributed by atoms with Gasteiger partial charge >= 0.3 is 0 Å². The van der Waals surface area contributed by atoms with E-state index in [9.17, 15) is 4.79 Å². The number of carbonyl (C=O) groups excluding carboxylic acids is 1. The second-order valence-electron chi connectivity index (χ2n) is 6.36. The highest BCUT2D eigenvalue weighted by Gasteiger charge is 2.16. The SMILES string of the molecule is CC(C)C(N)CC(=O)c1ccc(C(C)(C)C)cc1. The molecule has 0 aliphatic heterocycles. The first-order chi connectivity index (χ1) is 8.21. The van der Waals surface area contributed by atoms with Crippen LogP contribution in [0.4, 0.5) is 0 Å². The number of hydrogen-bond acceptors (Lipinski definition) is 2. The molecular weight excluding hydrogens is 222 g/mol. The van der Waals surface area contributed by atoms with E-state index < -0.39 is 0 Å². The van der Waals surface area contributed by atoms with Gasteiger partial charge < -0.3 is 5.73 Å². The minimum atomic E-state index is -0.0557. The van der Waals surface area contributed by atoms with Crippen molar-refractivity contribution in [2.75, 3.05) is 0 Å². The molecule has 0 radical (unpaired) electrons. The summed E-state index contributed by atoms with van der Waals surface area (Å²) < 4.78 is 0. The summed E-state index contributed by atoms with van der Waals surface area (Å²) in [6.45, 7) is 10.6. The Labute approximate surface area is 111 Å². The second kappa shape index (κ2) is 5.66. The average Bonchev–Trinajstić information content (AvgIpc) is 2.27. The first-order valence-electron chi connectivity index (χ1n) is 6.61. The van der Waals surface area contributed by atoms with Gasteiger partial charge in [0.25, 0.3) is 0 Å². The maximum atomic E-state index is 12.0. The molecule has 1 aromatic rings. The van der Waals surface area contributed by atoms with E-state index in [0.717, 1.165) is 5.56 Å². The topological polar surface area (TPSA) is 43.1 Å². The molecule has 1 unspecified atom stereocenters. The highest BCUT2D eigenvalue weighted by molar-refractivity contribution is 5.96. The van der Waals surface area contributed by atoms with Crippen LogP contribution >= 0.6 is 0 Å². The Morgan fingerprint density at radius 2 is 1.67 bits per heavy atom. The molecule has 1 atom stereocenters. The molecule has 0 amide bonds. The zero-order chi connectivity index (χ0) is 13.9. The van der Waals surface area contributed by atoms with Crippen molar-refractivity contribution in [3.63, 3.8) is 0 Å². The molecular formula is C16H25NO. The maximum absolute atomic E-state index is 12.0. The number of benzene rings is 1. The molecule has 1 rings (SSSR count). The first kappa shape index (κ1) is 14.9. The smallest absolute Gasteiger partial charge is 0.164 e. The van der Waals surface area contributed by atoms with Crippen LogP contribution in [0.2, 0.25) is 0 Å². The van der Waals surface area contributed by atoms with E-state index in [1.54, 1.807) is 0 Å². The Kier molecular flexibility index (Phi) is 4.69. The second-order valence-corrected chi connectivity index (χ2v) is 6.36. The fourth-order valence-electron chi connectivity index (χ4n) is 1.72. The van der Waals surface area contributed by atoms with Gasteiger partial charge in [0.05, 0.1) is 0 Å². The van der Waals surface area contributed by atoms with E-state index in [-0.39, 0.29) is 17.2 Å². The van der Waals surface area contributed by atoms with Gasteiger partial charge in [-0.3, -0.25) is 4.79 Å². The highest BCUT2D eigenvalue weighted by atomic mass is 16.1. The predicted octanol–water partition coefficient (Wildman–Crippen LogP) is 3.54. The van der Waals surface area contributed by atoms with Crippen molar-refractivity contribution in [1.29, 1.82) is 0 Å². The van der Waals surface area contributed by atoms with E-state index in [2.05, 4.69) is 20.8 Å². The van der Waals surface area contributed by atoms with Crippen LogP contribution < -0.4 is 5.73 Å². The van der Waals surface area contributed by atoms with Gasteiger partial charge in [0.1, 0.15) is 0 Å². The number of hydrogen-bond donors (Lipinski definition) is 1. The van der Waals surface area contributed by atoms with Crippen LogP contribution in [0.3, 0.4) is 0 Å². The van der Waals surface area contributed by atoms with Gasteiger partial charge in [-0.25, -0.2) is 0 Å². The fourth-order valence-corrected chi connectivity index (χ4v) is 1.72. The van der Waals surface area contributed by atoms with Gasteiger partial charge in [-0.1, -0.05) is 58.9 Å². The predicted molar refractivity (Wildman–Crippen MR) is 76.9 cm³/mol. The highest BCUT2D eigenvalue weighted by Crippen LogP contribution is 2.22.